The number of fused-ring (bicyclic) bond motifs is 3. The van der Waals surface area contributed by atoms with E-state index in [1.165, 1.54) is 5.57 Å². The lowest BCUT2D eigenvalue weighted by Crippen LogP contribution is -2.36. The number of allylic oxidation sites excluding steroid dienone is 2. The number of rotatable bonds is 0. The van der Waals surface area contributed by atoms with Crippen molar-refractivity contribution in [2.45, 2.75) is 32.0 Å². The van der Waals surface area contributed by atoms with Crippen molar-refractivity contribution in [3.63, 3.8) is 0 Å². The van der Waals surface area contributed by atoms with E-state index in [1.807, 2.05) is 0 Å². The Labute approximate surface area is 107 Å². The molecule has 0 spiro atoms. The van der Waals surface area contributed by atoms with Crippen molar-refractivity contribution in [3.05, 3.63) is 36.1 Å². The summed E-state index contributed by atoms with van der Waals surface area (Å²) in [5, 5.41) is 10.2. The minimum absolute atomic E-state index is 0.138. The molecule has 0 aromatic heterocycles. The van der Waals surface area contributed by atoms with Gasteiger partial charge in [0.1, 0.15) is 6.10 Å². The molecule has 96 valence electrons. The van der Waals surface area contributed by atoms with E-state index in [2.05, 4.69) is 26.2 Å². The van der Waals surface area contributed by atoms with Crippen molar-refractivity contribution in [3.8, 4) is 0 Å². The average molecular weight is 246 g/mol. The Hall–Kier alpha value is -1.35. The molecule has 1 saturated heterocycles. The normalized spacial score (nSPS) is 43.1. The molecule has 3 nitrogen and oxygen atoms in total. The van der Waals surface area contributed by atoms with Gasteiger partial charge in [-0.15, -0.1) is 0 Å². The Morgan fingerprint density at radius 3 is 2.83 bits per heavy atom. The van der Waals surface area contributed by atoms with E-state index in [0.29, 0.717) is 12.3 Å². The van der Waals surface area contributed by atoms with Gasteiger partial charge in [-0.3, -0.25) is 4.79 Å². The molecule has 18 heavy (non-hydrogen) atoms. The number of carbonyl (C=O) groups excluding carboxylic acids is 1. The van der Waals surface area contributed by atoms with Gasteiger partial charge in [-0.25, -0.2) is 0 Å². The van der Waals surface area contributed by atoms with E-state index in [1.54, 1.807) is 0 Å². The van der Waals surface area contributed by atoms with Crippen molar-refractivity contribution >= 4 is 5.78 Å². The van der Waals surface area contributed by atoms with Crippen LogP contribution in [0.5, 0.6) is 0 Å². The number of Topliss-reactive ketones (excluding diaryl/α,β-unsaturated/α-hetero) is 1. The molecule has 3 rings (SSSR count). The molecule has 0 amide bonds. The minimum atomic E-state index is -0.687. The van der Waals surface area contributed by atoms with Crippen molar-refractivity contribution in [1.82, 2.24) is 0 Å². The van der Waals surface area contributed by atoms with E-state index < -0.39 is 12.0 Å². The summed E-state index contributed by atoms with van der Waals surface area (Å²) in [7, 11) is 0. The number of ketones is 1. The van der Waals surface area contributed by atoms with Crippen LogP contribution >= 0.6 is 0 Å². The molecule has 1 saturated carbocycles. The highest BCUT2D eigenvalue weighted by Gasteiger charge is 2.53. The molecule has 5 atom stereocenters. The van der Waals surface area contributed by atoms with E-state index in [4.69, 9.17) is 4.74 Å². The van der Waals surface area contributed by atoms with Crippen molar-refractivity contribution in [1.29, 1.82) is 0 Å². The predicted molar refractivity (Wildman–Crippen MR) is 67.6 cm³/mol. The van der Waals surface area contributed by atoms with Gasteiger partial charge in [0.15, 0.2) is 5.76 Å². The maximum atomic E-state index is 12.1. The van der Waals surface area contributed by atoms with E-state index in [0.717, 1.165) is 12.0 Å². The number of hydrogen-bond acceptors (Lipinski definition) is 3. The third-order valence-electron chi connectivity index (χ3n) is 4.63. The molecule has 2 fully saturated rings. The Morgan fingerprint density at radius 1 is 1.39 bits per heavy atom. The van der Waals surface area contributed by atoms with Crippen molar-refractivity contribution < 1.29 is 14.6 Å². The first-order valence-corrected chi connectivity index (χ1v) is 6.43. The molecule has 0 aromatic carbocycles. The molecule has 3 heteroatoms. The van der Waals surface area contributed by atoms with Crippen LogP contribution in [-0.2, 0) is 9.53 Å². The second-order valence-corrected chi connectivity index (χ2v) is 5.64. The smallest absolute Gasteiger partial charge is 0.206 e. The largest absolute Gasteiger partial charge is 0.486 e. The summed E-state index contributed by atoms with van der Waals surface area (Å²) in [6.07, 6.45) is 2.68. The van der Waals surface area contributed by atoms with E-state index in [9.17, 15) is 9.90 Å². The van der Waals surface area contributed by atoms with Gasteiger partial charge >= 0.3 is 0 Å². The lowest BCUT2D eigenvalue weighted by molar-refractivity contribution is -0.121. The number of ether oxygens (including phenoxy) is 1. The molecular formula is C15H18O3. The minimum Gasteiger partial charge on any atom is -0.486 e. The molecule has 3 aliphatic rings. The van der Waals surface area contributed by atoms with Crippen molar-refractivity contribution in [2.75, 3.05) is 0 Å². The summed E-state index contributed by atoms with van der Waals surface area (Å²) in [6, 6.07) is 0. The monoisotopic (exact) mass is 246 g/mol. The molecule has 1 heterocycles. The first-order valence-electron chi connectivity index (χ1n) is 6.43. The quantitative estimate of drug-likeness (QED) is 0.525. The molecule has 0 bridgehead atoms. The molecular weight excluding hydrogens is 228 g/mol. The van der Waals surface area contributed by atoms with Crippen LogP contribution in [0, 0.1) is 17.8 Å². The maximum absolute atomic E-state index is 12.1. The Bertz CT molecular complexity index is 474. The van der Waals surface area contributed by atoms with Gasteiger partial charge in [0.25, 0.3) is 0 Å². The van der Waals surface area contributed by atoms with E-state index >= 15 is 0 Å². The molecule has 2 aliphatic carbocycles. The van der Waals surface area contributed by atoms with Crippen molar-refractivity contribution in [2.24, 2.45) is 17.8 Å². The SMILES string of the molecule is C=C1OC2C(C1=O)C(O)CC(=C)C1CC=C(C)C12. The van der Waals surface area contributed by atoms with Crippen LogP contribution in [0.4, 0.5) is 0 Å². The highest BCUT2D eigenvalue weighted by molar-refractivity contribution is 5.97. The molecule has 1 aliphatic heterocycles. The lowest BCUT2D eigenvalue weighted by Gasteiger charge is -2.27. The van der Waals surface area contributed by atoms with Crippen LogP contribution in [0.25, 0.3) is 0 Å². The van der Waals surface area contributed by atoms with Gasteiger partial charge in [0.2, 0.25) is 5.78 Å². The third-order valence-corrected chi connectivity index (χ3v) is 4.63. The predicted octanol–water partition coefficient (Wildman–Crippen LogP) is 1.99. The molecule has 0 aromatic rings. The third kappa shape index (κ3) is 1.43. The summed E-state index contributed by atoms with van der Waals surface area (Å²) in [4.78, 5) is 12.1. The first kappa shape index (κ1) is 11.7. The topological polar surface area (TPSA) is 46.5 Å². The zero-order valence-corrected chi connectivity index (χ0v) is 10.6. The number of hydrogen-bond donors (Lipinski definition) is 1. The highest BCUT2D eigenvalue weighted by Crippen LogP contribution is 2.49. The number of carbonyl (C=O) groups is 1. The lowest BCUT2D eigenvalue weighted by atomic mass is 9.81. The summed E-state index contributed by atoms with van der Waals surface area (Å²) in [5.41, 5.74) is 2.28. The zero-order chi connectivity index (χ0) is 13.0. The Morgan fingerprint density at radius 2 is 2.11 bits per heavy atom. The van der Waals surface area contributed by atoms with Crippen LogP contribution < -0.4 is 0 Å². The number of aliphatic hydroxyl groups is 1. The molecule has 1 N–H and O–H groups in total. The van der Waals surface area contributed by atoms with Crippen LogP contribution in [-0.4, -0.2) is 23.1 Å². The fourth-order valence-electron chi connectivity index (χ4n) is 3.69. The van der Waals surface area contributed by atoms with Crippen LogP contribution in [0.1, 0.15) is 19.8 Å². The van der Waals surface area contributed by atoms with Crippen LogP contribution in [0.3, 0.4) is 0 Å². The van der Waals surface area contributed by atoms with Gasteiger partial charge < -0.3 is 9.84 Å². The van der Waals surface area contributed by atoms with Gasteiger partial charge in [-0.2, -0.15) is 0 Å². The standard InChI is InChI=1S/C15H18O3/c1-7-4-5-10-8(2)6-11(16)13-14(17)9(3)18-15(13)12(7)10/h4,10-13,15-16H,2-3,5-6H2,1H3. The zero-order valence-electron chi connectivity index (χ0n) is 10.6. The fourth-order valence-corrected chi connectivity index (χ4v) is 3.69. The highest BCUT2D eigenvalue weighted by atomic mass is 16.5. The first-order chi connectivity index (χ1) is 8.50. The van der Waals surface area contributed by atoms with Gasteiger partial charge in [-0.05, 0) is 25.7 Å². The number of aliphatic hydroxyl groups excluding tert-OH is 1. The van der Waals surface area contributed by atoms with Crippen LogP contribution in [0.15, 0.2) is 36.1 Å². The summed E-state index contributed by atoms with van der Waals surface area (Å²) >= 11 is 0. The van der Waals surface area contributed by atoms with Crippen LogP contribution in [0.2, 0.25) is 0 Å². The summed E-state index contributed by atoms with van der Waals surface area (Å²) in [5.74, 6) is 0.0672. The second-order valence-electron chi connectivity index (χ2n) is 5.64. The molecule has 0 radical (unpaired) electrons. The van der Waals surface area contributed by atoms with Gasteiger partial charge in [0.05, 0.1) is 12.0 Å². The summed E-state index contributed by atoms with van der Waals surface area (Å²) in [6.45, 7) is 9.82. The van der Waals surface area contributed by atoms with E-state index in [-0.39, 0.29) is 23.6 Å². The van der Waals surface area contributed by atoms with Gasteiger partial charge in [0, 0.05) is 5.92 Å². The maximum Gasteiger partial charge on any atom is 0.206 e. The fraction of sp³-hybridized carbons (Fsp3) is 0.533. The second kappa shape index (κ2) is 3.82. The Balaban J connectivity index is 2.05. The average Bonchev–Trinajstić information content (AvgIpc) is 2.77. The van der Waals surface area contributed by atoms with Gasteiger partial charge in [-0.1, -0.05) is 30.4 Å². The molecule has 5 unspecified atom stereocenters. The summed E-state index contributed by atoms with van der Waals surface area (Å²) < 4.78 is 5.67. The Kier molecular flexibility index (Phi) is 2.49.